The number of carbonyl (C=O) groups is 7. The van der Waals surface area contributed by atoms with Gasteiger partial charge in [-0.05, 0) is 19.8 Å². The van der Waals surface area contributed by atoms with E-state index in [2.05, 4.69) is 10.6 Å². The Labute approximate surface area is 193 Å². The average molecular weight is 491 g/mol. The summed E-state index contributed by atoms with van der Waals surface area (Å²) in [6.07, 6.45) is -4.25. The van der Waals surface area contributed by atoms with Crippen LogP contribution in [0.2, 0.25) is 0 Å². The van der Waals surface area contributed by atoms with Gasteiger partial charge in [-0.2, -0.15) is 0 Å². The lowest BCUT2D eigenvalue weighted by Gasteiger charge is -2.25. The first-order chi connectivity index (χ1) is 15.6. The first-order valence-electron chi connectivity index (χ1n) is 9.95. The average Bonchev–Trinajstić information content (AvgIpc) is 2.71. The first kappa shape index (κ1) is 30.2. The van der Waals surface area contributed by atoms with Crippen molar-refractivity contribution in [2.75, 3.05) is 0 Å². The van der Waals surface area contributed by atoms with Gasteiger partial charge in [0.1, 0.15) is 24.2 Å². The maximum Gasteiger partial charge on any atom is 0.326 e. The van der Waals surface area contributed by atoms with Gasteiger partial charge in [0.25, 0.3) is 0 Å². The highest BCUT2D eigenvalue weighted by molar-refractivity contribution is 5.96. The van der Waals surface area contributed by atoms with Crippen LogP contribution in [0.5, 0.6) is 0 Å². The van der Waals surface area contributed by atoms with E-state index in [9.17, 15) is 38.7 Å². The summed E-state index contributed by atoms with van der Waals surface area (Å²) >= 11 is 0. The molecule has 11 N–H and O–H groups in total. The summed E-state index contributed by atoms with van der Waals surface area (Å²) in [6.45, 7) is 1.20. The summed E-state index contributed by atoms with van der Waals surface area (Å²) in [5.41, 5.74) is 10.5. The molecule has 5 unspecified atom stereocenters. The quantitative estimate of drug-likeness (QED) is 0.0993. The SMILES string of the molecule is CC(O)C(N)C(=O)NC(CCC(=O)O)C(=O)NC(CC(N)=O)C(=O)NC(CCC(=O)O)C(=O)O. The van der Waals surface area contributed by atoms with Crippen LogP contribution in [0.4, 0.5) is 0 Å². The molecule has 0 spiro atoms. The zero-order valence-corrected chi connectivity index (χ0v) is 18.2. The minimum atomic E-state index is -1.73. The standard InChI is InChI=1S/C18H29N5O11/c1-7(24)14(20)17(32)21-8(2-4-12(26)27)15(30)23-10(6-11(19)25)16(31)22-9(18(33)34)3-5-13(28)29/h7-10,14,24H,2-6,20H2,1H3,(H2,19,25)(H,21,32)(H,22,31)(H,23,30)(H,26,27)(H,28,29)(H,33,34). The third kappa shape index (κ3) is 11.7. The lowest BCUT2D eigenvalue weighted by molar-refractivity contribution is -0.143. The van der Waals surface area contributed by atoms with Crippen LogP contribution in [0.25, 0.3) is 0 Å². The van der Waals surface area contributed by atoms with Gasteiger partial charge >= 0.3 is 17.9 Å². The molecule has 4 amide bonds. The molecule has 0 saturated heterocycles. The molecule has 5 atom stereocenters. The Bertz CT molecular complexity index is 801. The highest BCUT2D eigenvalue weighted by Crippen LogP contribution is 2.04. The van der Waals surface area contributed by atoms with Gasteiger partial charge in [-0.15, -0.1) is 0 Å². The largest absolute Gasteiger partial charge is 0.481 e. The van der Waals surface area contributed by atoms with Crippen LogP contribution in [0.15, 0.2) is 0 Å². The molecule has 0 radical (unpaired) electrons. The number of rotatable bonds is 16. The van der Waals surface area contributed by atoms with Crippen molar-refractivity contribution in [3.63, 3.8) is 0 Å². The van der Waals surface area contributed by atoms with Gasteiger partial charge in [-0.3, -0.25) is 28.8 Å². The molecular weight excluding hydrogens is 462 g/mol. The molecule has 0 fully saturated rings. The summed E-state index contributed by atoms with van der Waals surface area (Å²) < 4.78 is 0. The predicted molar refractivity (Wildman–Crippen MR) is 111 cm³/mol. The molecule has 0 aromatic rings. The van der Waals surface area contributed by atoms with Crippen molar-refractivity contribution < 1.29 is 54.0 Å². The van der Waals surface area contributed by atoms with E-state index in [1.807, 2.05) is 5.32 Å². The molecule has 192 valence electrons. The van der Waals surface area contributed by atoms with E-state index >= 15 is 0 Å². The number of hydrogen-bond acceptors (Lipinski definition) is 9. The molecule has 16 heteroatoms. The van der Waals surface area contributed by atoms with Gasteiger partial charge in [0, 0.05) is 12.8 Å². The Kier molecular flexibility index (Phi) is 12.8. The molecule has 16 nitrogen and oxygen atoms in total. The van der Waals surface area contributed by atoms with Crippen LogP contribution >= 0.6 is 0 Å². The van der Waals surface area contributed by atoms with E-state index in [0.717, 1.165) is 0 Å². The fourth-order valence-electron chi connectivity index (χ4n) is 2.50. The molecule has 0 aliphatic carbocycles. The van der Waals surface area contributed by atoms with Gasteiger partial charge in [0.2, 0.25) is 23.6 Å². The number of amides is 4. The Morgan fingerprint density at radius 2 is 1.15 bits per heavy atom. The molecule has 0 heterocycles. The molecule has 34 heavy (non-hydrogen) atoms. The van der Waals surface area contributed by atoms with E-state index in [1.54, 1.807) is 0 Å². The Hall–Kier alpha value is -3.79. The summed E-state index contributed by atoms with van der Waals surface area (Å²) in [4.78, 5) is 81.5. The van der Waals surface area contributed by atoms with E-state index < -0.39 is 104 Å². The molecule has 0 aromatic heterocycles. The van der Waals surface area contributed by atoms with Crippen molar-refractivity contribution in [1.29, 1.82) is 0 Å². The van der Waals surface area contributed by atoms with Crippen LogP contribution in [-0.2, 0) is 33.6 Å². The second-order valence-electron chi connectivity index (χ2n) is 7.32. The van der Waals surface area contributed by atoms with Crippen LogP contribution in [0.1, 0.15) is 39.0 Å². The lowest BCUT2D eigenvalue weighted by Crippen LogP contribution is -2.58. The van der Waals surface area contributed by atoms with Crippen molar-refractivity contribution in [3.8, 4) is 0 Å². The third-order valence-electron chi connectivity index (χ3n) is 4.40. The maximum atomic E-state index is 12.7. The zero-order valence-electron chi connectivity index (χ0n) is 18.2. The molecule has 0 rings (SSSR count). The highest BCUT2D eigenvalue weighted by atomic mass is 16.4. The fourth-order valence-corrected chi connectivity index (χ4v) is 2.50. The number of aliphatic hydroxyl groups excluding tert-OH is 1. The van der Waals surface area contributed by atoms with Crippen molar-refractivity contribution in [2.24, 2.45) is 11.5 Å². The number of nitrogens with one attached hydrogen (secondary N) is 3. The fraction of sp³-hybridized carbons (Fsp3) is 0.611. The molecule has 0 aliphatic heterocycles. The number of aliphatic hydroxyl groups is 1. The Balaban J connectivity index is 5.59. The number of hydrogen-bond donors (Lipinski definition) is 9. The molecular formula is C18H29N5O11. The monoisotopic (exact) mass is 491 g/mol. The van der Waals surface area contributed by atoms with E-state index in [0.29, 0.717) is 0 Å². The number of carboxylic acids is 3. The summed E-state index contributed by atoms with van der Waals surface area (Å²) in [5, 5.41) is 42.4. The minimum Gasteiger partial charge on any atom is -0.481 e. The topological polar surface area (TPSA) is 289 Å². The summed E-state index contributed by atoms with van der Waals surface area (Å²) in [6, 6.07) is -6.41. The second kappa shape index (κ2) is 14.4. The van der Waals surface area contributed by atoms with Gasteiger partial charge in [-0.25, -0.2) is 4.79 Å². The summed E-state index contributed by atoms with van der Waals surface area (Å²) in [5.74, 6) is -8.59. The minimum absolute atomic E-state index is 0.458. The van der Waals surface area contributed by atoms with Gasteiger partial charge in [0.05, 0.1) is 12.5 Å². The predicted octanol–water partition coefficient (Wildman–Crippen LogP) is -4.16. The van der Waals surface area contributed by atoms with Crippen molar-refractivity contribution in [3.05, 3.63) is 0 Å². The smallest absolute Gasteiger partial charge is 0.326 e. The number of carbonyl (C=O) groups excluding carboxylic acids is 4. The van der Waals surface area contributed by atoms with Crippen LogP contribution in [0.3, 0.4) is 0 Å². The van der Waals surface area contributed by atoms with Crippen molar-refractivity contribution >= 4 is 41.5 Å². The van der Waals surface area contributed by atoms with Crippen LogP contribution in [-0.4, -0.2) is 92.2 Å². The number of carboxylic acid groups (broad SMARTS) is 3. The van der Waals surface area contributed by atoms with Gasteiger partial charge in [-0.1, -0.05) is 0 Å². The van der Waals surface area contributed by atoms with Crippen molar-refractivity contribution in [1.82, 2.24) is 16.0 Å². The van der Waals surface area contributed by atoms with Crippen LogP contribution < -0.4 is 27.4 Å². The first-order valence-corrected chi connectivity index (χ1v) is 9.95. The number of aliphatic carboxylic acids is 3. The van der Waals surface area contributed by atoms with Gasteiger partial charge in [0.15, 0.2) is 0 Å². The summed E-state index contributed by atoms with van der Waals surface area (Å²) in [7, 11) is 0. The molecule has 0 aromatic carbocycles. The van der Waals surface area contributed by atoms with Crippen molar-refractivity contribution in [2.45, 2.75) is 69.3 Å². The Morgan fingerprint density at radius 3 is 1.56 bits per heavy atom. The molecule has 0 bridgehead atoms. The Morgan fingerprint density at radius 1 is 0.735 bits per heavy atom. The zero-order chi connectivity index (χ0) is 26.6. The molecule has 0 aliphatic rings. The normalized spacial score (nSPS) is 15.0. The second-order valence-corrected chi connectivity index (χ2v) is 7.32. The van der Waals surface area contributed by atoms with E-state index in [1.165, 1.54) is 6.92 Å². The maximum absolute atomic E-state index is 12.7. The van der Waals surface area contributed by atoms with Gasteiger partial charge < -0.3 is 47.8 Å². The van der Waals surface area contributed by atoms with Crippen LogP contribution in [0, 0.1) is 0 Å². The number of nitrogens with two attached hydrogens (primary N) is 2. The third-order valence-corrected chi connectivity index (χ3v) is 4.40. The van der Waals surface area contributed by atoms with E-state index in [-0.39, 0.29) is 0 Å². The lowest BCUT2D eigenvalue weighted by atomic mass is 10.1. The molecule has 0 saturated carbocycles. The van der Waals surface area contributed by atoms with E-state index in [4.69, 9.17) is 26.8 Å². The highest BCUT2D eigenvalue weighted by Gasteiger charge is 2.32. The number of primary amides is 1.